The molecule has 3 heteroatoms. The first-order valence-electron chi connectivity index (χ1n) is 8.12. The van der Waals surface area contributed by atoms with Crippen molar-refractivity contribution in [3.8, 4) is 0 Å². The van der Waals surface area contributed by atoms with Crippen LogP contribution in [0.4, 0.5) is 0 Å². The van der Waals surface area contributed by atoms with Gasteiger partial charge in [-0.05, 0) is 24.9 Å². The molecule has 0 radical (unpaired) electrons. The Morgan fingerprint density at radius 2 is 1.90 bits per heavy atom. The van der Waals surface area contributed by atoms with E-state index < -0.39 is 0 Å². The number of hydrogen-bond donors (Lipinski definition) is 1. The van der Waals surface area contributed by atoms with Crippen LogP contribution in [0.1, 0.15) is 31.4 Å². The molecule has 2 heterocycles. The molecule has 1 aromatic carbocycles. The van der Waals surface area contributed by atoms with E-state index in [2.05, 4.69) is 52.4 Å². The maximum atomic E-state index is 3.49. The van der Waals surface area contributed by atoms with Crippen molar-refractivity contribution >= 4 is 0 Å². The zero-order valence-corrected chi connectivity index (χ0v) is 12.6. The van der Waals surface area contributed by atoms with Crippen molar-refractivity contribution in [2.75, 3.05) is 39.3 Å². The number of benzene rings is 1. The van der Waals surface area contributed by atoms with Crippen LogP contribution in [0.15, 0.2) is 30.3 Å². The maximum absolute atomic E-state index is 3.49. The number of nitrogens with zero attached hydrogens (tertiary/aromatic N) is 2. The first kappa shape index (κ1) is 14.1. The fourth-order valence-electron chi connectivity index (χ4n) is 3.75. The summed E-state index contributed by atoms with van der Waals surface area (Å²) in [5, 5.41) is 3.49. The molecule has 0 bridgehead atoms. The molecule has 2 aliphatic rings. The van der Waals surface area contributed by atoms with Gasteiger partial charge in [0.1, 0.15) is 0 Å². The van der Waals surface area contributed by atoms with E-state index in [1.54, 1.807) is 0 Å². The van der Waals surface area contributed by atoms with Crippen molar-refractivity contribution < 1.29 is 0 Å². The zero-order chi connectivity index (χ0) is 13.8. The molecule has 2 atom stereocenters. The molecule has 2 aliphatic heterocycles. The monoisotopic (exact) mass is 273 g/mol. The van der Waals surface area contributed by atoms with Crippen LogP contribution in [0.2, 0.25) is 0 Å². The Bertz CT molecular complexity index is 392. The summed E-state index contributed by atoms with van der Waals surface area (Å²) in [5.74, 6) is 0. The Labute approximate surface area is 123 Å². The van der Waals surface area contributed by atoms with Crippen molar-refractivity contribution in [1.82, 2.24) is 15.1 Å². The van der Waals surface area contributed by atoms with Crippen molar-refractivity contribution in [2.24, 2.45) is 0 Å². The lowest BCUT2D eigenvalue weighted by Crippen LogP contribution is -2.51. The molecule has 0 amide bonds. The van der Waals surface area contributed by atoms with E-state index in [1.807, 2.05) is 0 Å². The second kappa shape index (κ2) is 6.70. The van der Waals surface area contributed by atoms with E-state index in [0.717, 1.165) is 6.04 Å². The summed E-state index contributed by atoms with van der Waals surface area (Å²) in [6, 6.07) is 12.4. The second-order valence-corrected chi connectivity index (χ2v) is 6.05. The van der Waals surface area contributed by atoms with Gasteiger partial charge in [0.2, 0.25) is 0 Å². The normalized spacial score (nSPS) is 26.8. The molecule has 0 aromatic heterocycles. The molecule has 0 saturated carbocycles. The molecule has 2 fully saturated rings. The van der Waals surface area contributed by atoms with Crippen molar-refractivity contribution in [1.29, 1.82) is 0 Å². The third kappa shape index (κ3) is 3.05. The fourth-order valence-corrected chi connectivity index (χ4v) is 3.75. The van der Waals surface area contributed by atoms with Gasteiger partial charge in [-0.3, -0.25) is 9.80 Å². The maximum Gasteiger partial charge on any atom is 0.0346 e. The zero-order valence-electron chi connectivity index (χ0n) is 12.6. The fraction of sp³-hybridized carbons (Fsp3) is 0.647. The lowest BCUT2D eigenvalue weighted by molar-refractivity contribution is 0.0720. The molecule has 2 unspecified atom stereocenters. The van der Waals surface area contributed by atoms with Crippen LogP contribution < -0.4 is 5.32 Å². The van der Waals surface area contributed by atoms with Crippen LogP contribution in [0.5, 0.6) is 0 Å². The van der Waals surface area contributed by atoms with Crippen LogP contribution >= 0.6 is 0 Å². The van der Waals surface area contributed by atoms with Crippen LogP contribution in [0.3, 0.4) is 0 Å². The Hall–Kier alpha value is -0.900. The molecule has 0 aliphatic carbocycles. The Balaban J connectivity index is 1.59. The predicted molar refractivity (Wildman–Crippen MR) is 83.9 cm³/mol. The number of nitrogens with one attached hydrogen (secondary N) is 1. The molecular weight excluding hydrogens is 246 g/mol. The average molecular weight is 273 g/mol. The Kier molecular flexibility index (Phi) is 4.71. The summed E-state index contributed by atoms with van der Waals surface area (Å²) in [6.45, 7) is 9.59. The predicted octanol–water partition coefficient (Wildman–Crippen LogP) is 2.12. The SMILES string of the molecule is CCC(c1ccccc1)N1CCN(C2CCNC2)CC1. The minimum Gasteiger partial charge on any atom is -0.315 e. The minimum absolute atomic E-state index is 0.597. The molecular formula is C17H27N3. The van der Waals surface area contributed by atoms with E-state index >= 15 is 0 Å². The van der Waals surface area contributed by atoms with E-state index in [1.165, 1.54) is 57.7 Å². The Morgan fingerprint density at radius 3 is 2.50 bits per heavy atom. The largest absolute Gasteiger partial charge is 0.315 e. The van der Waals surface area contributed by atoms with Crippen LogP contribution in [0, 0.1) is 0 Å². The van der Waals surface area contributed by atoms with Gasteiger partial charge in [-0.15, -0.1) is 0 Å². The standard InChI is InChI=1S/C17H27N3/c1-2-17(15-6-4-3-5-7-15)20-12-10-19(11-13-20)16-8-9-18-14-16/h3-7,16-18H,2,8-14H2,1H3. The molecule has 3 nitrogen and oxygen atoms in total. The van der Waals surface area contributed by atoms with Gasteiger partial charge < -0.3 is 5.32 Å². The minimum atomic E-state index is 0.597. The Morgan fingerprint density at radius 1 is 1.15 bits per heavy atom. The summed E-state index contributed by atoms with van der Waals surface area (Å²) >= 11 is 0. The number of rotatable bonds is 4. The summed E-state index contributed by atoms with van der Waals surface area (Å²) < 4.78 is 0. The number of hydrogen-bond acceptors (Lipinski definition) is 3. The smallest absolute Gasteiger partial charge is 0.0346 e. The molecule has 2 saturated heterocycles. The summed E-state index contributed by atoms with van der Waals surface area (Å²) in [5.41, 5.74) is 1.48. The third-order valence-electron chi connectivity index (χ3n) is 4.91. The van der Waals surface area contributed by atoms with Crippen LogP contribution in [0.25, 0.3) is 0 Å². The summed E-state index contributed by atoms with van der Waals surface area (Å²) in [7, 11) is 0. The molecule has 20 heavy (non-hydrogen) atoms. The van der Waals surface area contributed by atoms with E-state index in [0.29, 0.717) is 6.04 Å². The quantitative estimate of drug-likeness (QED) is 0.906. The van der Waals surface area contributed by atoms with Crippen LogP contribution in [-0.2, 0) is 0 Å². The third-order valence-corrected chi connectivity index (χ3v) is 4.91. The van der Waals surface area contributed by atoms with Gasteiger partial charge in [0.25, 0.3) is 0 Å². The van der Waals surface area contributed by atoms with Crippen molar-refractivity contribution in [2.45, 2.75) is 31.8 Å². The average Bonchev–Trinajstić information content (AvgIpc) is 3.04. The van der Waals surface area contributed by atoms with E-state index in [4.69, 9.17) is 0 Å². The first-order chi connectivity index (χ1) is 9.88. The molecule has 110 valence electrons. The van der Waals surface area contributed by atoms with Gasteiger partial charge in [0.15, 0.2) is 0 Å². The molecule has 1 N–H and O–H groups in total. The molecule has 3 rings (SSSR count). The van der Waals surface area contributed by atoms with E-state index in [-0.39, 0.29) is 0 Å². The topological polar surface area (TPSA) is 18.5 Å². The highest BCUT2D eigenvalue weighted by Gasteiger charge is 2.28. The van der Waals surface area contributed by atoms with Gasteiger partial charge in [0, 0.05) is 44.8 Å². The first-order valence-corrected chi connectivity index (χ1v) is 8.12. The molecule has 1 aromatic rings. The molecule has 0 spiro atoms. The summed E-state index contributed by atoms with van der Waals surface area (Å²) in [6.07, 6.45) is 2.53. The van der Waals surface area contributed by atoms with Gasteiger partial charge in [-0.2, -0.15) is 0 Å². The highest BCUT2D eigenvalue weighted by atomic mass is 15.3. The highest BCUT2D eigenvalue weighted by molar-refractivity contribution is 5.19. The van der Waals surface area contributed by atoms with Gasteiger partial charge >= 0.3 is 0 Å². The summed E-state index contributed by atoms with van der Waals surface area (Å²) in [4.78, 5) is 5.36. The van der Waals surface area contributed by atoms with Crippen LogP contribution in [-0.4, -0.2) is 55.1 Å². The van der Waals surface area contributed by atoms with E-state index in [9.17, 15) is 0 Å². The van der Waals surface area contributed by atoms with Gasteiger partial charge in [-0.1, -0.05) is 37.3 Å². The van der Waals surface area contributed by atoms with Crippen molar-refractivity contribution in [3.05, 3.63) is 35.9 Å². The van der Waals surface area contributed by atoms with Crippen molar-refractivity contribution in [3.63, 3.8) is 0 Å². The van der Waals surface area contributed by atoms with Gasteiger partial charge in [-0.25, -0.2) is 0 Å². The number of piperazine rings is 1. The highest BCUT2D eigenvalue weighted by Crippen LogP contribution is 2.25. The second-order valence-electron chi connectivity index (χ2n) is 6.05. The lowest BCUT2D eigenvalue weighted by atomic mass is 10.0. The lowest BCUT2D eigenvalue weighted by Gasteiger charge is -2.41. The van der Waals surface area contributed by atoms with Gasteiger partial charge in [0.05, 0.1) is 0 Å².